The normalized spacial score (nSPS) is 26.7. The van der Waals surface area contributed by atoms with Gasteiger partial charge in [0, 0.05) is 17.5 Å². The van der Waals surface area contributed by atoms with Gasteiger partial charge in [0.25, 0.3) is 5.91 Å². The molecule has 4 N–H and O–H groups in total. The predicted octanol–water partition coefficient (Wildman–Crippen LogP) is 0.914. The predicted molar refractivity (Wildman–Crippen MR) is 78.2 cm³/mol. The molecule has 112 valence electrons. The third-order valence-corrected chi connectivity index (χ3v) is 5.17. The van der Waals surface area contributed by atoms with Gasteiger partial charge in [-0.15, -0.1) is 0 Å². The molecule has 1 saturated heterocycles. The van der Waals surface area contributed by atoms with E-state index in [1.54, 1.807) is 4.52 Å². The Balaban J connectivity index is 1.84. The molecule has 2 unspecified atom stereocenters. The lowest BCUT2D eigenvalue weighted by Crippen LogP contribution is -2.19. The van der Waals surface area contributed by atoms with Crippen molar-refractivity contribution in [1.82, 2.24) is 19.9 Å². The summed E-state index contributed by atoms with van der Waals surface area (Å²) in [5.74, 6) is -0.510. The van der Waals surface area contributed by atoms with Gasteiger partial charge in [0.2, 0.25) is 0 Å². The topological polar surface area (TPSA) is 88.2 Å². The van der Waals surface area contributed by atoms with E-state index in [0.29, 0.717) is 17.0 Å². The van der Waals surface area contributed by atoms with E-state index in [9.17, 15) is 9.18 Å². The summed E-state index contributed by atoms with van der Waals surface area (Å²) in [5.41, 5.74) is 8.71. The second-order valence-corrected chi connectivity index (χ2v) is 6.35. The molecule has 1 aromatic carbocycles. The minimum atomic E-state index is -0.660. The zero-order chi connectivity index (χ0) is 15.1. The van der Waals surface area contributed by atoms with Crippen LogP contribution in [0, 0.1) is 11.7 Å². The van der Waals surface area contributed by atoms with Crippen molar-refractivity contribution in [3.63, 3.8) is 0 Å². The lowest BCUT2D eigenvalue weighted by Gasteiger charge is -2.08. The number of halogens is 1. The van der Waals surface area contributed by atoms with Crippen molar-refractivity contribution in [2.75, 3.05) is 13.1 Å². The number of nitrogens with zero attached hydrogens (tertiary/aromatic N) is 2. The van der Waals surface area contributed by atoms with E-state index >= 15 is 0 Å². The first kappa shape index (κ1) is 12.2. The first-order valence-electron chi connectivity index (χ1n) is 7.30. The van der Waals surface area contributed by atoms with Crippen molar-refractivity contribution in [3.8, 4) is 0 Å². The highest BCUT2D eigenvalue weighted by atomic mass is 19.1. The third kappa shape index (κ3) is 1.32. The SMILES string of the molecule is NC(=O)c1cc(F)cc2[nH]c3c(C45CNCC4C5)cnn3c12. The van der Waals surface area contributed by atoms with E-state index in [4.69, 9.17) is 5.73 Å². The molecule has 7 heteroatoms. The Bertz CT molecular complexity index is 958. The van der Waals surface area contributed by atoms with Crippen LogP contribution in [0.1, 0.15) is 22.3 Å². The van der Waals surface area contributed by atoms with Crippen LogP contribution in [0.4, 0.5) is 4.39 Å². The summed E-state index contributed by atoms with van der Waals surface area (Å²) < 4.78 is 15.4. The van der Waals surface area contributed by atoms with Crippen LogP contribution in [0.15, 0.2) is 18.3 Å². The van der Waals surface area contributed by atoms with Gasteiger partial charge in [-0.25, -0.2) is 8.91 Å². The monoisotopic (exact) mass is 299 g/mol. The Morgan fingerprint density at radius 1 is 1.50 bits per heavy atom. The molecule has 2 fully saturated rings. The molecule has 2 atom stereocenters. The minimum absolute atomic E-state index is 0.133. The molecule has 3 heterocycles. The van der Waals surface area contributed by atoms with E-state index < -0.39 is 11.7 Å². The molecule has 1 aliphatic carbocycles. The van der Waals surface area contributed by atoms with Gasteiger partial charge in [-0.3, -0.25) is 4.79 Å². The van der Waals surface area contributed by atoms with Crippen LogP contribution >= 0.6 is 0 Å². The summed E-state index contributed by atoms with van der Waals surface area (Å²) in [4.78, 5) is 14.8. The van der Waals surface area contributed by atoms with Crippen molar-refractivity contribution in [2.45, 2.75) is 11.8 Å². The van der Waals surface area contributed by atoms with Crippen molar-refractivity contribution in [2.24, 2.45) is 11.7 Å². The number of imidazole rings is 1. The number of nitrogens with two attached hydrogens (primary N) is 1. The van der Waals surface area contributed by atoms with E-state index in [1.165, 1.54) is 6.07 Å². The summed E-state index contributed by atoms with van der Waals surface area (Å²) >= 11 is 0. The molecule has 0 spiro atoms. The summed E-state index contributed by atoms with van der Waals surface area (Å²) in [6, 6.07) is 2.53. The molecule has 6 nitrogen and oxygen atoms in total. The fourth-order valence-corrected chi connectivity index (χ4v) is 4.00. The number of aromatic nitrogens is 3. The quantitative estimate of drug-likeness (QED) is 0.657. The maximum absolute atomic E-state index is 13.7. The van der Waals surface area contributed by atoms with Gasteiger partial charge in [0.1, 0.15) is 17.0 Å². The number of carbonyl (C=O) groups excluding carboxylic acids is 1. The number of hydrogen-bond donors (Lipinski definition) is 3. The number of amides is 1. The number of piperidine rings is 1. The molecule has 22 heavy (non-hydrogen) atoms. The van der Waals surface area contributed by atoms with E-state index in [1.807, 2.05) is 6.20 Å². The Labute approximate surface area is 124 Å². The van der Waals surface area contributed by atoms with Crippen molar-refractivity contribution in [1.29, 1.82) is 0 Å². The third-order valence-electron chi connectivity index (χ3n) is 5.17. The maximum atomic E-state index is 13.7. The highest BCUT2D eigenvalue weighted by Gasteiger charge is 2.59. The van der Waals surface area contributed by atoms with Gasteiger partial charge in [0.15, 0.2) is 0 Å². The second kappa shape index (κ2) is 3.67. The van der Waals surface area contributed by atoms with Crippen molar-refractivity contribution >= 4 is 22.6 Å². The standard InChI is InChI=1S/C15H14FN5O/c16-8-1-9(13(17)22)12-11(2-8)20-14-10(5-19-21(12)14)15-3-7(15)4-18-6-15/h1-2,5,7,18,20H,3-4,6H2,(H2,17,22). The average molecular weight is 299 g/mol. The smallest absolute Gasteiger partial charge is 0.251 e. The van der Waals surface area contributed by atoms with Crippen LogP contribution in [0.5, 0.6) is 0 Å². The molecule has 2 aromatic heterocycles. The van der Waals surface area contributed by atoms with Crippen LogP contribution < -0.4 is 11.1 Å². The van der Waals surface area contributed by atoms with Crippen LogP contribution in [0.3, 0.4) is 0 Å². The molecule has 0 bridgehead atoms. The number of fused-ring (bicyclic) bond motifs is 4. The average Bonchev–Trinajstić information content (AvgIpc) is 2.83. The molecule has 5 rings (SSSR count). The molecule has 3 aromatic rings. The zero-order valence-electron chi connectivity index (χ0n) is 11.7. The fourth-order valence-electron chi connectivity index (χ4n) is 4.00. The van der Waals surface area contributed by atoms with Gasteiger partial charge >= 0.3 is 0 Å². The van der Waals surface area contributed by atoms with E-state index in [2.05, 4.69) is 15.4 Å². The number of primary amides is 1. The number of H-pyrrole nitrogens is 1. The van der Waals surface area contributed by atoms with Gasteiger partial charge in [0.05, 0.1) is 17.3 Å². The van der Waals surface area contributed by atoms with Gasteiger partial charge in [-0.05, 0) is 31.0 Å². The van der Waals surface area contributed by atoms with Crippen molar-refractivity contribution in [3.05, 3.63) is 35.3 Å². The lowest BCUT2D eigenvalue weighted by atomic mass is 9.98. The summed E-state index contributed by atoms with van der Waals surface area (Å²) in [7, 11) is 0. The van der Waals surface area contributed by atoms with Crippen LogP contribution in [0.25, 0.3) is 16.7 Å². The highest BCUT2D eigenvalue weighted by Crippen LogP contribution is 2.57. The first-order chi connectivity index (χ1) is 10.6. The zero-order valence-corrected chi connectivity index (χ0v) is 11.7. The van der Waals surface area contributed by atoms with Crippen LogP contribution in [0.2, 0.25) is 0 Å². The molecule has 1 aliphatic heterocycles. The molecular formula is C15H14FN5O. The van der Waals surface area contributed by atoms with Gasteiger partial charge in [-0.2, -0.15) is 5.10 Å². The Morgan fingerprint density at radius 2 is 2.36 bits per heavy atom. The fraction of sp³-hybridized carbons (Fsp3) is 0.333. The van der Waals surface area contributed by atoms with Crippen LogP contribution in [-0.4, -0.2) is 33.6 Å². The van der Waals surface area contributed by atoms with Crippen LogP contribution in [-0.2, 0) is 5.41 Å². The molecular weight excluding hydrogens is 285 g/mol. The molecule has 1 saturated carbocycles. The summed E-state index contributed by atoms with van der Waals surface area (Å²) in [6.07, 6.45) is 3.00. The summed E-state index contributed by atoms with van der Waals surface area (Å²) in [6.45, 7) is 1.96. The van der Waals surface area contributed by atoms with Crippen molar-refractivity contribution < 1.29 is 9.18 Å². The summed E-state index contributed by atoms with van der Waals surface area (Å²) in [5, 5.41) is 7.83. The van der Waals surface area contributed by atoms with Gasteiger partial charge in [-0.1, -0.05) is 0 Å². The van der Waals surface area contributed by atoms with E-state index in [-0.39, 0.29) is 11.0 Å². The van der Waals surface area contributed by atoms with E-state index in [0.717, 1.165) is 36.8 Å². The maximum Gasteiger partial charge on any atom is 0.251 e. The Morgan fingerprint density at radius 3 is 3.05 bits per heavy atom. The largest absolute Gasteiger partial charge is 0.366 e. The number of rotatable bonds is 2. The Hall–Kier alpha value is -2.41. The minimum Gasteiger partial charge on any atom is -0.366 e. The molecule has 0 radical (unpaired) electrons. The number of nitrogens with one attached hydrogen (secondary N) is 2. The highest BCUT2D eigenvalue weighted by molar-refractivity contribution is 6.05. The number of hydrogen-bond acceptors (Lipinski definition) is 3. The first-order valence-corrected chi connectivity index (χ1v) is 7.30. The Kier molecular flexibility index (Phi) is 2.03. The van der Waals surface area contributed by atoms with Gasteiger partial charge < -0.3 is 16.0 Å². The second-order valence-electron chi connectivity index (χ2n) is 6.35. The molecule has 2 aliphatic rings. The molecule has 1 amide bonds. The number of carbonyl (C=O) groups is 1. The lowest BCUT2D eigenvalue weighted by molar-refractivity contribution is 0.100. The number of benzene rings is 1. The number of aromatic amines is 1.